The normalized spacial score (nSPS) is 17.4. The fourth-order valence-electron chi connectivity index (χ4n) is 1.68. The summed E-state index contributed by atoms with van der Waals surface area (Å²) in [7, 11) is 0. The van der Waals surface area contributed by atoms with E-state index in [1.54, 1.807) is 0 Å². The highest BCUT2D eigenvalue weighted by Crippen LogP contribution is 2.34. The molecule has 0 radical (unpaired) electrons. The molecule has 7 heteroatoms. The van der Waals surface area contributed by atoms with Crippen LogP contribution in [0.4, 0.5) is 20.2 Å². The fraction of sp³-hybridized carbons (Fsp3) is 0.300. The van der Waals surface area contributed by atoms with Gasteiger partial charge in [-0.15, -0.1) is 0 Å². The molecular weight excluding hydrogens is 234 g/mol. The van der Waals surface area contributed by atoms with Gasteiger partial charge in [0.25, 0.3) is 11.6 Å². The Morgan fingerprint density at radius 1 is 1.41 bits per heavy atom. The van der Waals surface area contributed by atoms with E-state index in [2.05, 4.69) is 0 Å². The van der Waals surface area contributed by atoms with E-state index >= 15 is 0 Å². The van der Waals surface area contributed by atoms with E-state index in [9.17, 15) is 23.7 Å². The largest absolute Gasteiger partial charge is 0.359 e. The minimum atomic E-state index is -2.74. The predicted octanol–water partition coefficient (Wildman–Crippen LogP) is 1.86. The Morgan fingerprint density at radius 2 is 2.06 bits per heavy atom. The van der Waals surface area contributed by atoms with Crippen molar-refractivity contribution in [3.05, 3.63) is 33.9 Å². The summed E-state index contributed by atoms with van der Waals surface area (Å²) in [4.78, 5) is 21.8. The van der Waals surface area contributed by atoms with Crippen molar-refractivity contribution in [2.24, 2.45) is 0 Å². The third-order valence-corrected chi connectivity index (χ3v) is 2.55. The maximum absolute atomic E-state index is 12.6. The number of rotatable bonds is 3. The SMILES string of the molecule is O=Cc1ccc(N2CC(F)(F)C2)cc1[N+](=O)[O-]. The number of nitro benzene ring substituents is 1. The van der Waals surface area contributed by atoms with E-state index in [1.807, 2.05) is 0 Å². The van der Waals surface area contributed by atoms with Crippen LogP contribution in [0, 0.1) is 10.1 Å². The van der Waals surface area contributed by atoms with Crippen molar-refractivity contribution in [2.75, 3.05) is 18.0 Å². The van der Waals surface area contributed by atoms with Gasteiger partial charge in [0.2, 0.25) is 0 Å². The molecule has 1 aromatic rings. The van der Waals surface area contributed by atoms with Gasteiger partial charge < -0.3 is 4.90 Å². The summed E-state index contributed by atoms with van der Waals surface area (Å²) in [6.07, 6.45) is 0.368. The first-order valence-corrected chi connectivity index (χ1v) is 4.79. The topological polar surface area (TPSA) is 63.5 Å². The average Bonchev–Trinajstić information content (AvgIpc) is 2.24. The average molecular weight is 242 g/mol. The molecule has 0 aliphatic carbocycles. The quantitative estimate of drug-likeness (QED) is 0.461. The molecule has 0 bridgehead atoms. The zero-order valence-corrected chi connectivity index (χ0v) is 8.60. The van der Waals surface area contributed by atoms with Crippen LogP contribution in [-0.4, -0.2) is 30.2 Å². The monoisotopic (exact) mass is 242 g/mol. The third kappa shape index (κ3) is 2.08. The molecule has 0 unspecified atom stereocenters. The standard InChI is InChI=1S/C10H8F2N2O3/c11-10(12)5-13(6-10)8-2-1-7(4-15)9(3-8)14(16)17/h1-4H,5-6H2. The summed E-state index contributed by atoms with van der Waals surface area (Å²) in [6, 6.07) is 3.82. The van der Waals surface area contributed by atoms with Gasteiger partial charge in [0, 0.05) is 11.8 Å². The molecule has 1 fully saturated rings. The Labute approximate surface area is 94.8 Å². The van der Waals surface area contributed by atoms with E-state index in [4.69, 9.17) is 0 Å². The molecule has 1 aromatic carbocycles. The van der Waals surface area contributed by atoms with Crippen molar-refractivity contribution in [2.45, 2.75) is 5.92 Å². The van der Waals surface area contributed by atoms with Gasteiger partial charge in [-0.3, -0.25) is 14.9 Å². The minimum Gasteiger partial charge on any atom is -0.359 e. The smallest absolute Gasteiger partial charge is 0.282 e. The second-order valence-electron chi connectivity index (χ2n) is 3.83. The maximum Gasteiger partial charge on any atom is 0.282 e. The Kier molecular flexibility index (Phi) is 2.53. The molecular formula is C10H8F2N2O3. The number of anilines is 1. The molecule has 2 rings (SSSR count). The van der Waals surface area contributed by atoms with E-state index in [0.29, 0.717) is 12.0 Å². The molecule has 0 atom stereocenters. The lowest BCUT2D eigenvalue weighted by atomic mass is 10.1. The van der Waals surface area contributed by atoms with Crippen LogP contribution in [0.1, 0.15) is 10.4 Å². The maximum atomic E-state index is 12.6. The molecule has 17 heavy (non-hydrogen) atoms. The molecule has 1 aliphatic rings. The van der Waals surface area contributed by atoms with Crippen molar-refractivity contribution in [3.8, 4) is 0 Å². The van der Waals surface area contributed by atoms with Crippen LogP contribution in [0.25, 0.3) is 0 Å². The van der Waals surface area contributed by atoms with Crippen molar-refractivity contribution in [3.63, 3.8) is 0 Å². The molecule has 0 amide bonds. The van der Waals surface area contributed by atoms with Gasteiger partial charge >= 0.3 is 0 Å². The van der Waals surface area contributed by atoms with Crippen molar-refractivity contribution < 1.29 is 18.5 Å². The van der Waals surface area contributed by atoms with E-state index < -0.39 is 23.9 Å². The number of hydrogen-bond acceptors (Lipinski definition) is 4. The first kappa shape index (κ1) is 11.4. The van der Waals surface area contributed by atoms with Crippen LogP contribution in [0.5, 0.6) is 0 Å². The zero-order valence-electron chi connectivity index (χ0n) is 8.60. The van der Waals surface area contributed by atoms with Crippen LogP contribution in [0.3, 0.4) is 0 Å². The van der Waals surface area contributed by atoms with Crippen molar-refractivity contribution in [1.82, 2.24) is 0 Å². The molecule has 0 saturated carbocycles. The van der Waals surface area contributed by atoms with E-state index in [-0.39, 0.29) is 11.3 Å². The number of nitro groups is 1. The highest BCUT2D eigenvalue weighted by molar-refractivity contribution is 5.83. The number of aldehydes is 1. The second kappa shape index (κ2) is 3.76. The highest BCUT2D eigenvalue weighted by Gasteiger charge is 2.44. The lowest BCUT2D eigenvalue weighted by Crippen LogP contribution is -2.56. The van der Waals surface area contributed by atoms with Gasteiger partial charge in [0.1, 0.15) is 0 Å². The summed E-state index contributed by atoms with van der Waals surface area (Å²) in [5.41, 5.74) is -0.105. The Bertz CT molecular complexity index is 482. The number of alkyl halides is 2. The van der Waals surface area contributed by atoms with Gasteiger partial charge in [0.05, 0.1) is 23.6 Å². The minimum absolute atomic E-state index is 0.0639. The van der Waals surface area contributed by atoms with Crippen molar-refractivity contribution in [1.29, 1.82) is 0 Å². The molecule has 5 nitrogen and oxygen atoms in total. The second-order valence-corrected chi connectivity index (χ2v) is 3.83. The molecule has 90 valence electrons. The van der Waals surface area contributed by atoms with Gasteiger partial charge in [-0.2, -0.15) is 0 Å². The van der Waals surface area contributed by atoms with Gasteiger partial charge in [0.15, 0.2) is 6.29 Å². The Hall–Kier alpha value is -2.05. The van der Waals surface area contributed by atoms with Crippen LogP contribution in [-0.2, 0) is 0 Å². The number of hydrogen-bond donors (Lipinski definition) is 0. The summed E-state index contributed by atoms with van der Waals surface area (Å²) >= 11 is 0. The van der Waals surface area contributed by atoms with E-state index in [1.165, 1.54) is 17.0 Å². The third-order valence-electron chi connectivity index (χ3n) is 2.55. The fourth-order valence-corrected chi connectivity index (χ4v) is 1.68. The summed E-state index contributed by atoms with van der Waals surface area (Å²) < 4.78 is 25.3. The van der Waals surface area contributed by atoms with Crippen LogP contribution < -0.4 is 4.90 Å². The van der Waals surface area contributed by atoms with Gasteiger partial charge in [-0.25, -0.2) is 8.78 Å². The molecule has 1 saturated heterocycles. The van der Waals surface area contributed by atoms with Gasteiger partial charge in [-0.1, -0.05) is 0 Å². The molecule has 1 heterocycles. The Morgan fingerprint density at radius 3 is 2.53 bits per heavy atom. The number of halogens is 2. The molecule has 0 N–H and O–H groups in total. The number of nitrogens with zero attached hydrogens (tertiary/aromatic N) is 2. The highest BCUT2D eigenvalue weighted by atomic mass is 19.3. The lowest BCUT2D eigenvalue weighted by Gasteiger charge is -2.40. The number of carbonyl (C=O) groups excluding carboxylic acids is 1. The van der Waals surface area contributed by atoms with Crippen molar-refractivity contribution >= 4 is 17.7 Å². The molecule has 1 aliphatic heterocycles. The number of carbonyl (C=O) groups is 1. The Balaban J connectivity index is 2.29. The summed E-state index contributed by atoms with van der Waals surface area (Å²) in [5, 5.41) is 10.7. The van der Waals surface area contributed by atoms with Crippen LogP contribution >= 0.6 is 0 Å². The molecule has 0 aromatic heterocycles. The van der Waals surface area contributed by atoms with E-state index in [0.717, 1.165) is 6.07 Å². The number of benzene rings is 1. The summed E-state index contributed by atoms with van der Waals surface area (Å²) in [6.45, 7) is -0.908. The lowest BCUT2D eigenvalue weighted by molar-refractivity contribution is -0.385. The van der Waals surface area contributed by atoms with Crippen LogP contribution in [0.15, 0.2) is 18.2 Å². The predicted molar refractivity (Wildman–Crippen MR) is 55.6 cm³/mol. The first-order chi connectivity index (χ1) is 7.93. The first-order valence-electron chi connectivity index (χ1n) is 4.79. The molecule has 0 spiro atoms. The van der Waals surface area contributed by atoms with Gasteiger partial charge in [-0.05, 0) is 12.1 Å². The summed E-state index contributed by atoms with van der Waals surface area (Å²) in [5.74, 6) is -2.74. The zero-order chi connectivity index (χ0) is 12.6. The van der Waals surface area contributed by atoms with Crippen LogP contribution in [0.2, 0.25) is 0 Å².